The Morgan fingerprint density at radius 2 is 1.81 bits per heavy atom. The van der Waals surface area contributed by atoms with Crippen molar-refractivity contribution in [2.45, 2.75) is 13.0 Å². The molecule has 1 amide bonds. The molecule has 0 aliphatic carbocycles. The van der Waals surface area contributed by atoms with Crippen molar-refractivity contribution in [1.29, 1.82) is 0 Å². The lowest BCUT2D eigenvalue weighted by atomic mass is 10.0. The average molecular weight is 392 g/mol. The van der Waals surface area contributed by atoms with E-state index >= 15 is 0 Å². The summed E-state index contributed by atoms with van der Waals surface area (Å²) in [7, 11) is -3.48. The monoisotopic (exact) mass is 392 g/mol. The lowest BCUT2D eigenvalue weighted by Crippen LogP contribution is -2.41. The maximum absolute atomic E-state index is 13.4. The minimum absolute atomic E-state index is 0.0211. The van der Waals surface area contributed by atoms with E-state index in [2.05, 4.69) is 5.32 Å². The van der Waals surface area contributed by atoms with E-state index in [9.17, 15) is 17.6 Å². The summed E-state index contributed by atoms with van der Waals surface area (Å²) in [5.74, 6) is -1.27. The van der Waals surface area contributed by atoms with Crippen LogP contribution in [0.4, 0.5) is 4.39 Å². The van der Waals surface area contributed by atoms with Gasteiger partial charge in [0.05, 0.1) is 5.75 Å². The summed E-state index contributed by atoms with van der Waals surface area (Å²) in [6.45, 7) is 0.380. The van der Waals surface area contributed by atoms with Gasteiger partial charge in [-0.2, -0.15) is 4.31 Å². The zero-order valence-corrected chi connectivity index (χ0v) is 15.5. The highest BCUT2D eigenvalue weighted by Gasteiger charge is 2.26. The first-order chi connectivity index (χ1) is 13.0. The van der Waals surface area contributed by atoms with Gasteiger partial charge in [0.1, 0.15) is 0 Å². The van der Waals surface area contributed by atoms with Crippen LogP contribution >= 0.6 is 0 Å². The Kier molecular flexibility index (Phi) is 6.08. The molecule has 0 saturated heterocycles. The second-order valence-electron chi connectivity index (χ2n) is 6.24. The minimum atomic E-state index is -3.48. The molecular formula is C19H21FN2O4S. The molecule has 2 aromatic rings. The number of halogens is 1. The molecule has 144 valence electrons. The summed E-state index contributed by atoms with van der Waals surface area (Å²) in [4.78, 5) is 11.8. The number of nitrogens with zero attached hydrogens (tertiary/aromatic N) is 1. The molecule has 8 heteroatoms. The molecule has 0 bridgehead atoms. The second-order valence-corrected chi connectivity index (χ2v) is 8.33. The van der Waals surface area contributed by atoms with Crippen LogP contribution in [0.15, 0.2) is 48.5 Å². The number of hydrogen-bond acceptors (Lipinski definition) is 4. The number of benzene rings is 2. The summed E-state index contributed by atoms with van der Waals surface area (Å²) in [5, 5.41) is 2.49. The van der Waals surface area contributed by atoms with E-state index < -0.39 is 21.7 Å². The van der Waals surface area contributed by atoms with E-state index in [4.69, 9.17) is 4.74 Å². The molecule has 0 aromatic heterocycles. The molecule has 2 aromatic carbocycles. The number of amides is 1. The standard InChI is InChI=1S/C19H21FN2O4S/c20-17-7-3-4-8-18(17)26-14-19(23)21-10-12-27(24,25)22-11-9-15-5-1-2-6-16(15)13-22/h1-8H,9-14H2,(H,21,23). The van der Waals surface area contributed by atoms with Gasteiger partial charge in [0.2, 0.25) is 10.0 Å². The van der Waals surface area contributed by atoms with E-state index in [1.807, 2.05) is 24.3 Å². The fourth-order valence-electron chi connectivity index (χ4n) is 2.91. The first-order valence-corrected chi connectivity index (χ1v) is 10.3. The van der Waals surface area contributed by atoms with Gasteiger partial charge in [-0.3, -0.25) is 4.79 Å². The molecule has 1 aliphatic heterocycles. The number of ether oxygens (including phenoxy) is 1. The van der Waals surface area contributed by atoms with E-state index in [1.165, 1.54) is 28.1 Å². The van der Waals surface area contributed by atoms with Gasteiger partial charge in [0, 0.05) is 19.6 Å². The highest BCUT2D eigenvalue weighted by atomic mass is 32.2. The second kappa shape index (κ2) is 8.49. The summed E-state index contributed by atoms with van der Waals surface area (Å²) in [5.41, 5.74) is 2.18. The summed E-state index contributed by atoms with van der Waals surface area (Å²) in [6.07, 6.45) is 0.679. The molecule has 0 radical (unpaired) electrons. The Bertz CT molecular complexity index is 917. The SMILES string of the molecule is O=C(COc1ccccc1F)NCCS(=O)(=O)N1CCc2ccccc2C1. The van der Waals surface area contributed by atoms with Gasteiger partial charge < -0.3 is 10.1 Å². The fraction of sp³-hybridized carbons (Fsp3) is 0.316. The molecule has 6 nitrogen and oxygen atoms in total. The van der Waals surface area contributed by atoms with Gasteiger partial charge in [-0.15, -0.1) is 0 Å². The van der Waals surface area contributed by atoms with Crippen LogP contribution < -0.4 is 10.1 Å². The van der Waals surface area contributed by atoms with Crippen molar-refractivity contribution in [3.8, 4) is 5.75 Å². The number of hydrogen-bond donors (Lipinski definition) is 1. The Labute approximate surface area is 158 Å². The Morgan fingerprint density at radius 3 is 2.59 bits per heavy atom. The normalized spacial score (nSPS) is 14.4. The van der Waals surface area contributed by atoms with E-state index in [-0.39, 0.29) is 24.7 Å². The topological polar surface area (TPSA) is 75.7 Å². The van der Waals surface area contributed by atoms with E-state index in [0.29, 0.717) is 19.5 Å². The molecule has 0 atom stereocenters. The van der Waals surface area contributed by atoms with E-state index in [0.717, 1.165) is 5.56 Å². The molecule has 0 saturated carbocycles. The predicted octanol–water partition coefficient (Wildman–Crippen LogP) is 1.71. The van der Waals surface area contributed by atoms with Crippen molar-refractivity contribution in [3.05, 3.63) is 65.5 Å². The smallest absolute Gasteiger partial charge is 0.257 e. The summed E-state index contributed by atoms with van der Waals surface area (Å²) >= 11 is 0. The van der Waals surface area contributed by atoms with Crippen LogP contribution in [0.5, 0.6) is 5.75 Å². The Morgan fingerprint density at radius 1 is 1.11 bits per heavy atom. The lowest BCUT2D eigenvalue weighted by molar-refractivity contribution is -0.123. The van der Waals surface area contributed by atoms with E-state index in [1.54, 1.807) is 6.07 Å². The van der Waals surface area contributed by atoms with Crippen molar-refractivity contribution in [3.63, 3.8) is 0 Å². The van der Waals surface area contributed by atoms with Crippen LogP contribution in [0, 0.1) is 5.82 Å². The molecule has 0 spiro atoms. The van der Waals surface area contributed by atoms with Crippen molar-refractivity contribution < 1.29 is 22.3 Å². The number of nitrogens with one attached hydrogen (secondary N) is 1. The number of sulfonamides is 1. The molecule has 1 heterocycles. The third-order valence-corrected chi connectivity index (χ3v) is 6.19. The zero-order valence-electron chi connectivity index (χ0n) is 14.7. The van der Waals surface area contributed by atoms with Crippen LogP contribution in [-0.4, -0.2) is 44.1 Å². The molecule has 0 unspecified atom stereocenters. The lowest BCUT2D eigenvalue weighted by Gasteiger charge is -2.28. The van der Waals surface area contributed by atoms with Crippen molar-refractivity contribution in [1.82, 2.24) is 9.62 Å². The quantitative estimate of drug-likeness (QED) is 0.778. The molecule has 3 rings (SSSR count). The van der Waals surface area contributed by atoms with Gasteiger partial charge in [0.25, 0.3) is 5.91 Å². The van der Waals surface area contributed by atoms with Crippen LogP contribution in [0.25, 0.3) is 0 Å². The molecule has 0 fully saturated rings. The number of rotatable bonds is 7. The van der Waals surface area contributed by atoms with Gasteiger partial charge in [0.15, 0.2) is 18.2 Å². The molecular weight excluding hydrogens is 371 g/mol. The zero-order chi connectivity index (χ0) is 19.3. The Hall–Kier alpha value is -2.45. The third-order valence-electron chi connectivity index (χ3n) is 4.37. The number of carbonyl (C=O) groups is 1. The highest BCUT2D eigenvalue weighted by Crippen LogP contribution is 2.21. The van der Waals surface area contributed by atoms with Gasteiger partial charge >= 0.3 is 0 Å². The number of carbonyl (C=O) groups excluding carboxylic acids is 1. The van der Waals surface area contributed by atoms with Crippen LogP contribution in [-0.2, 0) is 27.8 Å². The maximum atomic E-state index is 13.4. The number of fused-ring (bicyclic) bond motifs is 1. The molecule has 1 aliphatic rings. The van der Waals surface area contributed by atoms with Gasteiger partial charge in [-0.25, -0.2) is 12.8 Å². The predicted molar refractivity (Wildman–Crippen MR) is 99.2 cm³/mol. The third kappa shape index (κ3) is 5.05. The first kappa shape index (κ1) is 19.3. The molecule has 27 heavy (non-hydrogen) atoms. The summed E-state index contributed by atoms with van der Waals surface area (Å²) < 4.78 is 44.9. The number of para-hydroxylation sites is 1. The van der Waals surface area contributed by atoms with Crippen molar-refractivity contribution in [2.24, 2.45) is 0 Å². The van der Waals surface area contributed by atoms with Crippen molar-refractivity contribution in [2.75, 3.05) is 25.4 Å². The van der Waals surface area contributed by atoms with Crippen LogP contribution in [0.2, 0.25) is 0 Å². The maximum Gasteiger partial charge on any atom is 0.257 e. The minimum Gasteiger partial charge on any atom is -0.481 e. The Balaban J connectivity index is 1.45. The largest absolute Gasteiger partial charge is 0.481 e. The fourth-order valence-corrected chi connectivity index (χ4v) is 4.24. The van der Waals surface area contributed by atoms with Gasteiger partial charge in [-0.05, 0) is 29.7 Å². The first-order valence-electron chi connectivity index (χ1n) is 8.64. The van der Waals surface area contributed by atoms with Crippen molar-refractivity contribution >= 4 is 15.9 Å². The average Bonchev–Trinajstić information content (AvgIpc) is 2.67. The van der Waals surface area contributed by atoms with Gasteiger partial charge in [-0.1, -0.05) is 36.4 Å². The molecule has 1 N–H and O–H groups in total. The summed E-state index contributed by atoms with van der Waals surface area (Å²) in [6, 6.07) is 13.5. The highest BCUT2D eigenvalue weighted by molar-refractivity contribution is 7.89. The van der Waals surface area contributed by atoms with Crippen LogP contribution in [0.3, 0.4) is 0 Å². The van der Waals surface area contributed by atoms with Crippen LogP contribution in [0.1, 0.15) is 11.1 Å².